The van der Waals surface area contributed by atoms with E-state index in [0.29, 0.717) is 19.8 Å². The third-order valence-electron chi connectivity index (χ3n) is 4.14. The Labute approximate surface area is 155 Å². The fraction of sp³-hybridized carbons (Fsp3) is 0.778. The highest BCUT2D eigenvalue weighted by atomic mass is 16.5. The van der Waals surface area contributed by atoms with Gasteiger partial charge in [0.15, 0.2) is 0 Å². The number of rotatable bonds is 11. The number of hydrogen-bond acceptors (Lipinski definition) is 5. The molecule has 0 radical (unpaired) electrons. The molecule has 4 amide bonds. The Morgan fingerprint density at radius 2 is 1.81 bits per heavy atom. The lowest BCUT2D eigenvalue weighted by Gasteiger charge is -2.16. The van der Waals surface area contributed by atoms with E-state index in [1.165, 1.54) is 4.90 Å². The minimum atomic E-state index is -0.271. The summed E-state index contributed by atoms with van der Waals surface area (Å²) in [5, 5.41) is 5.44. The molecule has 0 aliphatic carbocycles. The van der Waals surface area contributed by atoms with Crippen LogP contribution in [0, 0.1) is 11.8 Å². The molecule has 8 heteroatoms. The van der Waals surface area contributed by atoms with Gasteiger partial charge < -0.3 is 15.4 Å². The highest BCUT2D eigenvalue weighted by Crippen LogP contribution is 2.26. The van der Waals surface area contributed by atoms with E-state index >= 15 is 0 Å². The number of imide groups is 1. The second-order valence-electron chi connectivity index (χ2n) is 7.12. The molecule has 1 aliphatic heterocycles. The molecule has 1 unspecified atom stereocenters. The van der Waals surface area contributed by atoms with E-state index in [2.05, 4.69) is 10.6 Å². The Bertz CT molecular complexity index is 519. The van der Waals surface area contributed by atoms with Crippen LogP contribution < -0.4 is 10.6 Å². The number of hydrogen-bond donors (Lipinski definition) is 2. The second-order valence-corrected chi connectivity index (χ2v) is 7.12. The maximum absolute atomic E-state index is 12.1. The van der Waals surface area contributed by atoms with E-state index < -0.39 is 0 Å². The van der Waals surface area contributed by atoms with Gasteiger partial charge in [-0.1, -0.05) is 13.8 Å². The molecule has 1 rings (SSSR count). The molecule has 1 heterocycles. The van der Waals surface area contributed by atoms with E-state index in [1.54, 1.807) is 0 Å². The molecule has 0 aromatic heterocycles. The molecule has 1 fully saturated rings. The smallest absolute Gasteiger partial charge is 0.233 e. The van der Waals surface area contributed by atoms with Gasteiger partial charge >= 0.3 is 0 Å². The summed E-state index contributed by atoms with van der Waals surface area (Å²) in [6.07, 6.45) is 0.595. The predicted octanol–water partition coefficient (Wildman–Crippen LogP) is 0.455. The molecule has 0 aromatic carbocycles. The number of carbonyl (C=O) groups is 4. The van der Waals surface area contributed by atoms with Crippen LogP contribution in [0.1, 0.15) is 47.0 Å². The van der Waals surface area contributed by atoms with Crippen molar-refractivity contribution >= 4 is 23.6 Å². The van der Waals surface area contributed by atoms with Gasteiger partial charge in [0.25, 0.3) is 0 Å². The minimum Gasteiger partial charge on any atom is -0.379 e. The van der Waals surface area contributed by atoms with Crippen LogP contribution in [0.25, 0.3) is 0 Å². The quantitative estimate of drug-likeness (QED) is 0.407. The van der Waals surface area contributed by atoms with E-state index in [4.69, 9.17) is 4.74 Å². The highest BCUT2D eigenvalue weighted by molar-refractivity contribution is 6.03. The topological polar surface area (TPSA) is 105 Å². The van der Waals surface area contributed by atoms with Crippen LogP contribution in [0.5, 0.6) is 0 Å². The summed E-state index contributed by atoms with van der Waals surface area (Å²) in [5.41, 5.74) is 0. The van der Waals surface area contributed by atoms with E-state index in [9.17, 15) is 19.2 Å². The molecular weight excluding hydrogens is 338 g/mol. The monoisotopic (exact) mass is 369 g/mol. The van der Waals surface area contributed by atoms with Gasteiger partial charge in [-0.05, 0) is 19.8 Å². The molecule has 1 atom stereocenters. The third kappa shape index (κ3) is 7.51. The van der Waals surface area contributed by atoms with Crippen molar-refractivity contribution in [2.75, 3.05) is 26.3 Å². The summed E-state index contributed by atoms with van der Waals surface area (Å²) in [6.45, 7) is 8.64. The zero-order chi connectivity index (χ0) is 19.7. The Kier molecular flexibility index (Phi) is 9.26. The maximum Gasteiger partial charge on any atom is 0.233 e. The van der Waals surface area contributed by atoms with Gasteiger partial charge in [0.1, 0.15) is 0 Å². The zero-order valence-corrected chi connectivity index (χ0v) is 16.2. The second kappa shape index (κ2) is 10.9. The summed E-state index contributed by atoms with van der Waals surface area (Å²) in [5.74, 6) is -0.842. The summed E-state index contributed by atoms with van der Waals surface area (Å²) >= 11 is 0. The Morgan fingerprint density at radius 1 is 1.12 bits per heavy atom. The fourth-order valence-electron chi connectivity index (χ4n) is 2.69. The van der Waals surface area contributed by atoms with Gasteiger partial charge in [-0.2, -0.15) is 0 Å². The summed E-state index contributed by atoms with van der Waals surface area (Å²) in [6, 6.07) is 0.104. The molecule has 0 spiro atoms. The standard InChI is InChI=1S/C18H31N3O5/c1-12(2)14-11-17(24)21(18(14)25)8-5-15(22)19-7-10-26-9-6-16(23)20-13(3)4/h12-14H,5-11H2,1-4H3,(H,19,22)(H,20,23). The molecular formula is C18H31N3O5. The van der Waals surface area contributed by atoms with Crippen molar-refractivity contribution in [3.63, 3.8) is 0 Å². The Morgan fingerprint density at radius 3 is 2.38 bits per heavy atom. The molecule has 26 heavy (non-hydrogen) atoms. The summed E-state index contributed by atoms with van der Waals surface area (Å²) in [4.78, 5) is 48.4. The summed E-state index contributed by atoms with van der Waals surface area (Å²) < 4.78 is 5.29. The van der Waals surface area contributed by atoms with Crippen molar-refractivity contribution in [2.24, 2.45) is 11.8 Å². The van der Waals surface area contributed by atoms with Crippen molar-refractivity contribution in [2.45, 2.75) is 53.0 Å². The van der Waals surface area contributed by atoms with Crippen LogP contribution in [0.4, 0.5) is 0 Å². The fourth-order valence-corrected chi connectivity index (χ4v) is 2.69. The maximum atomic E-state index is 12.1. The molecule has 1 aliphatic rings. The first-order valence-electron chi connectivity index (χ1n) is 9.20. The van der Waals surface area contributed by atoms with Crippen molar-refractivity contribution in [3.05, 3.63) is 0 Å². The van der Waals surface area contributed by atoms with Gasteiger partial charge in [0, 0.05) is 44.3 Å². The van der Waals surface area contributed by atoms with Crippen molar-refractivity contribution in [3.8, 4) is 0 Å². The lowest BCUT2D eigenvalue weighted by molar-refractivity contribution is -0.140. The Hall–Kier alpha value is -1.96. The van der Waals surface area contributed by atoms with Gasteiger partial charge in [0.05, 0.1) is 13.2 Å². The first-order valence-corrected chi connectivity index (χ1v) is 9.20. The van der Waals surface area contributed by atoms with E-state index in [1.807, 2.05) is 27.7 Å². The molecule has 0 bridgehead atoms. The lowest BCUT2D eigenvalue weighted by atomic mass is 9.94. The molecule has 0 aromatic rings. The van der Waals surface area contributed by atoms with Gasteiger partial charge in [-0.15, -0.1) is 0 Å². The zero-order valence-electron chi connectivity index (χ0n) is 16.2. The number of likely N-dealkylation sites (tertiary alicyclic amines) is 1. The average molecular weight is 369 g/mol. The first-order chi connectivity index (χ1) is 12.2. The minimum absolute atomic E-state index is 0.0660. The van der Waals surface area contributed by atoms with Crippen LogP contribution in [-0.4, -0.2) is 60.9 Å². The van der Waals surface area contributed by atoms with Crippen LogP contribution in [0.2, 0.25) is 0 Å². The van der Waals surface area contributed by atoms with Gasteiger partial charge in [0.2, 0.25) is 23.6 Å². The Balaban J connectivity index is 2.13. The number of nitrogens with one attached hydrogen (secondary N) is 2. The SMILES string of the molecule is CC(C)NC(=O)CCOCCNC(=O)CCN1C(=O)CC(C(C)C)C1=O. The summed E-state index contributed by atoms with van der Waals surface area (Å²) in [7, 11) is 0. The number of amides is 4. The van der Waals surface area contributed by atoms with E-state index in [-0.39, 0.29) is 67.3 Å². The normalized spacial score (nSPS) is 17.3. The average Bonchev–Trinajstić information content (AvgIpc) is 2.82. The number of ether oxygens (including phenoxy) is 1. The van der Waals surface area contributed by atoms with E-state index in [0.717, 1.165) is 0 Å². The molecule has 148 valence electrons. The van der Waals surface area contributed by atoms with Gasteiger partial charge in [-0.3, -0.25) is 24.1 Å². The number of carbonyl (C=O) groups excluding carboxylic acids is 4. The number of nitrogens with zero attached hydrogens (tertiary/aromatic N) is 1. The lowest BCUT2D eigenvalue weighted by Crippen LogP contribution is -2.36. The molecule has 0 saturated carbocycles. The van der Waals surface area contributed by atoms with Crippen LogP contribution in [0.3, 0.4) is 0 Å². The van der Waals surface area contributed by atoms with Crippen LogP contribution in [-0.2, 0) is 23.9 Å². The van der Waals surface area contributed by atoms with Crippen molar-refractivity contribution < 1.29 is 23.9 Å². The molecule has 8 nitrogen and oxygen atoms in total. The van der Waals surface area contributed by atoms with Crippen molar-refractivity contribution in [1.29, 1.82) is 0 Å². The molecule has 1 saturated heterocycles. The molecule has 2 N–H and O–H groups in total. The third-order valence-corrected chi connectivity index (χ3v) is 4.14. The first kappa shape index (κ1) is 22.1. The predicted molar refractivity (Wildman–Crippen MR) is 96.0 cm³/mol. The van der Waals surface area contributed by atoms with Gasteiger partial charge in [-0.25, -0.2) is 0 Å². The highest BCUT2D eigenvalue weighted by Gasteiger charge is 2.39. The van der Waals surface area contributed by atoms with Crippen LogP contribution >= 0.6 is 0 Å². The largest absolute Gasteiger partial charge is 0.379 e. The van der Waals surface area contributed by atoms with Crippen molar-refractivity contribution in [1.82, 2.24) is 15.5 Å². The van der Waals surface area contributed by atoms with Crippen LogP contribution in [0.15, 0.2) is 0 Å².